The van der Waals surface area contributed by atoms with Crippen LogP contribution in [-0.2, 0) is 25.5 Å². The summed E-state index contributed by atoms with van der Waals surface area (Å²) in [6, 6.07) is 10.4. The third-order valence-electron chi connectivity index (χ3n) is 16.7. The van der Waals surface area contributed by atoms with Gasteiger partial charge in [0.1, 0.15) is 6.10 Å². The van der Waals surface area contributed by atoms with E-state index in [1.807, 2.05) is 6.07 Å². The fourth-order valence-electron chi connectivity index (χ4n) is 13.8. The van der Waals surface area contributed by atoms with Crippen LogP contribution in [0.5, 0.6) is 0 Å². The molecule has 5 saturated carbocycles. The van der Waals surface area contributed by atoms with Gasteiger partial charge in [0.2, 0.25) is 5.91 Å². The van der Waals surface area contributed by atoms with Gasteiger partial charge in [-0.05, 0) is 148 Å². The lowest BCUT2D eigenvalue weighted by Crippen LogP contribution is -2.67. The van der Waals surface area contributed by atoms with E-state index in [1.54, 1.807) is 13.8 Å². The average Bonchev–Trinajstić information content (AvgIpc) is 3.42. The molecule has 0 heterocycles. The van der Waals surface area contributed by atoms with Crippen LogP contribution >= 0.6 is 0 Å². The number of carbonyl (C=O) groups is 3. The quantitative estimate of drug-likeness (QED) is 0.187. The molecule has 2 N–H and O–H groups in total. The number of carbonyl (C=O) groups excluding carboxylic acids is 2. The second kappa shape index (κ2) is 13.3. The topological polar surface area (TPSA) is 92.7 Å². The van der Waals surface area contributed by atoms with Crippen molar-refractivity contribution in [1.82, 2.24) is 5.32 Å². The van der Waals surface area contributed by atoms with Crippen molar-refractivity contribution in [1.29, 1.82) is 0 Å². The summed E-state index contributed by atoms with van der Waals surface area (Å²) < 4.78 is 6.18. The minimum atomic E-state index is -1.14. The summed E-state index contributed by atoms with van der Waals surface area (Å²) >= 11 is 0. The van der Waals surface area contributed by atoms with Crippen molar-refractivity contribution in [3.8, 4) is 0 Å². The number of benzene rings is 1. The Morgan fingerprint density at radius 1 is 0.882 bits per heavy atom. The molecule has 5 fully saturated rings. The van der Waals surface area contributed by atoms with Gasteiger partial charge in [-0.2, -0.15) is 0 Å². The Morgan fingerprint density at radius 2 is 1.59 bits per heavy atom. The molecular formula is C45H67NO5. The molecule has 0 bridgehead atoms. The van der Waals surface area contributed by atoms with Gasteiger partial charge < -0.3 is 15.2 Å². The van der Waals surface area contributed by atoms with Crippen LogP contribution in [0.1, 0.15) is 138 Å². The van der Waals surface area contributed by atoms with Gasteiger partial charge in [-0.15, -0.1) is 0 Å². The maximum atomic E-state index is 13.7. The standard InChI is InChI=1S/C45H67NO5/c1-29(2)31-17-23-45(27-36(47)46-26-20-30-13-11-10-12-14-30)25-24-43(8)32(38(31)45)15-16-34-42(7)21-19-35(51-37(48)28-40(3,4)39(49)50)41(5,6)33(42)18-22-44(34,43)9/h10-14,31-35,38H,1,15-28H2,2-9H3,(H,46,47)(H,49,50)/t31-,32+,33?,34?,35-,38?,42-,43+,44+,45+/m0/s1. The molecule has 0 aromatic heterocycles. The number of esters is 1. The summed E-state index contributed by atoms with van der Waals surface area (Å²) in [4.78, 5) is 38.5. The summed E-state index contributed by atoms with van der Waals surface area (Å²) in [5, 5.41) is 12.9. The molecule has 6 nitrogen and oxygen atoms in total. The van der Waals surface area contributed by atoms with Gasteiger partial charge in [0.15, 0.2) is 0 Å². The molecule has 0 spiro atoms. The number of carboxylic acid groups (broad SMARTS) is 1. The SMILES string of the molecule is C=C(C)[C@@H]1CC[C@]2(CC(=O)NCCc3ccccc3)CC[C@]3(C)[C@H](CCC4[C@@]5(C)CC[C@H](OC(=O)CC(C)(C)C(=O)O)C(C)(C)C5CC[C@]43C)C12. The van der Waals surface area contributed by atoms with Crippen LogP contribution in [0.2, 0.25) is 0 Å². The van der Waals surface area contributed by atoms with E-state index in [-0.39, 0.29) is 45.5 Å². The maximum Gasteiger partial charge on any atom is 0.309 e. The highest BCUT2D eigenvalue weighted by Crippen LogP contribution is 2.78. The zero-order chi connectivity index (χ0) is 37.2. The van der Waals surface area contributed by atoms with Crippen LogP contribution < -0.4 is 5.32 Å². The number of fused-ring (bicyclic) bond motifs is 7. The lowest BCUT2D eigenvalue weighted by atomic mass is 9.32. The van der Waals surface area contributed by atoms with Crippen molar-refractivity contribution in [3.63, 3.8) is 0 Å². The van der Waals surface area contributed by atoms with Crippen LogP contribution in [0, 0.1) is 62.1 Å². The minimum Gasteiger partial charge on any atom is -0.481 e. The summed E-state index contributed by atoms with van der Waals surface area (Å²) in [7, 11) is 0. The molecular weight excluding hydrogens is 634 g/mol. The largest absolute Gasteiger partial charge is 0.481 e. The molecule has 0 aliphatic heterocycles. The number of allylic oxidation sites excluding steroid dienone is 1. The van der Waals surface area contributed by atoms with Gasteiger partial charge in [-0.3, -0.25) is 14.4 Å². The lowest BCUT2D eigenvalue weighted by molar-refractivity contribution is -0.250. The highest BCUT2D eigenvalue weighted by molar-refractivity contribution is 5.81. The average molecular weight is 702 g/mol. The van der Waals surface area contributed by atoms with E-state index < -0.39 is 17.4 Å². The lowest BCUT2D eigenvalue weighted by Gasteiger charge is -2.73. The number of amides is 1. The van der Waals surface area contributed by atoms with Gasteiger partial charge in [-0.1, -0.05) is 77.1 Å². The van der Waals surface area contributed by atoms with Gasteiger partial charge in [0.25, 0.3) is 0 Å². The Morgan fingerprint density at radius 3 is 2.25 bits per heavy atom. The van der Waals surface area contributed by atoms with Crippen molar-refractivity contribution in [2.75, 3.05) is 6.54 Å². The minimum absolute atomic E-state index is 0.0497. The zero-order valence-corrected chi connectivity index (χ0v) is 33.0. The van der Waals surface area contributed by atoms with E-state index in [9.17, 15) is 19.5 Å². The normalized spacial score (nSPS) is 39.8. The second-order valence-electron chi connectivity index (χ2n) is 20.0. The first kappa shape index (κ1) is 38.1. The van der Waals surface area contributed by atoms with E-state index in [0.29, 0.717) is 42.6 Å². The molecule has 1 aromatic rings. The van der Waals surface area contributed by atoms with Crippen LogP contribution in [0.25, 0.3) is 0 Å². The first-order valence-corrected chi connectivity index (χ1v) is 20.2. The number of ether oxygens (including phenoxy) is 1. The van der Waals surface area contributed by atoms with Crippen LogP contribution in [0.15, 0.2) is 42.5 Å². The maximum absolute atomic E-state index is 13.7. The smallest absolute Gasteiger partial charge is 0.309 e. The Kier molecular flexibility index (Phi) is 9.97. The van der Waals surface area contributed by atoms with E-state index in [2.05, 4.69) is 77.7 Å². The molecule has 0 saturated heterocycles. The van der Waals surface area contributed by atoms with Gasteiger partial charge >= 0.3 is 11.9 Å². The van der Waals surface area contributed by atoms with Crippen molar-refractivity contribution in [3.05, 3.63) is 48.0 Å². The predicted molar refractivity (Wildman–Crippen MR) is 203 cm³/mol. The molecule has 0 radical (unpaired) electrons. The first-order valence-electron chi connectivity index (χ1n) is 20.2. The number of hydrogen-bond donors (Lipinski definition) is 2. The summed E-state index contributed by atoms with van der Waals surface area (Å²) in [6.07, 6.45) is 12.4. The molecule has 1 amide bonds. The van der Waals surface area contributed by atoms with E-state index >= 15 is 0 Å². The van der Waals surface area contributed by atoms with Gasteiger partial charge in [-0.25, -0.2) is 0 Å². The van der Waals surface area contributed by atoms with E-state index in [1.165, 1.54) is 36.8 Å². The monoisotopic (exact) mass is 702 g/mol. The Labute approximate surface area is 308 Å². The highest BCUT2D eigenvalue weighted by atomic mass is 16.5. The van der Waals surface area contributed by atoms with Crippen molar-refractivity contribution >= 4 is 17.8 Å². The number of carboxylic acids is 1. The van der Waals surface area contributed by atoms with Crippen LogP contribution in [0.4, 0.5) is 0 Å². The van der Waals surface area contributed by atoms with E-state index in [0.717, 1.165) is 44.9 Å². The molecule has 1 aromatic carbocycles. The Hall–Kier alpha value is -2.63. The van der Waals surface area contributed by atoms with Crippen LogP contribution in [0.3, 0.4) is 0 Å². The van der Waals surface area contributed by atoms with Crippen LogP contribution in [-0.4, -0.2) is 35.6 Å². The zero-order valence-electron chi connectivity index (χ0n) is 33.0. The first-order chi connectivity index (χ1) is 23.8. The molecule has 6 heteroatoms. The third-order valence-corrected chi connectivity index (χ3v) is 16.7. The van der Waals surface area contributed by atoms with Gasteiger partial charge in [0.05, 0.1) is 11.8 Å². The fourth-order valence-corrected chi connectivity index (χ4v) is 13.8. The second-order valence-corrected chi connectivity index (χ2v) is 20.0. The molecule has 5 aliphatic carbocycles. The Balaban J connectivity index is 1.21. The fraction of sp³-hybridized carbons (Fsp3) is 0.756. The Bertz CT molecular complexity index is 1520. The molecule has 51 heavy (non-hydrogen) atoms. The number of hydrogen-bond acceptors (Lipinski definition) is 4. The summed E-state index contributed by atoms with van der Waals surface area (Å²) in [6.45, 7) is 23.1. The highest BCUT2D eigenvalue weighted by Gasteiger charge is 2.71. The molecule has 282 valence electrons. The number of rotatable bonds is 10. The molecule has 6 rings (SSSR count). The summed E-state index contributed by atoms with van der Waals surface area (Å²) in [5.74, 6) is 1.44. The van der Waals surface area contributed by atoms with Crippen molar-refractivity contribution in [2.24, 2.45) is 62.1 Å². The third kappa shape index (κ3) is 6.30. The predicted octanol–water partition coefficient (Wildman–Crippen LogP) is 9.81. The van der Waals surface area contributed by atoms with E-state index in [4.69, 9.17) is 4.74 Å². The van der Waals surface area contributed by atoms with Gasteiger partial charge in [0, 0.05) is 18.4 Å². The number of nitrogens with one attached hydrogen (secondary N) is 1. The van der Waals surface area contributed by atoms with Crippen molar-refractivity contribution < 1.29 is 24.2 Å². The molecule has 5 aliphatic rings. The van der Waals surface area contributed by atoms with Crippen molar-refractivity contribution in [2.45, 2.75) is 145 Å². The number of aliphatic carboxylic acids is 1. The molecule has 3 unspecified atom stereocenters. The molecule has 10 atom stereocenters. The summed E-state index contributed by atoms with van der Waals surface area (Å²) in [5.41, 5.74) is 1.81.